The van der Waals surface area contributed by atoms with Crippen LogP contribution >= 0.6 is 11.9 Å². The van der Waals surface area contributed by atoms with Gasteiger partial charge in [0.15, 0.2) is 0 Å². The summed E-state index contributed by atoms with van der Waals surface area (Å²) < 4.78 is 40.6. The van der Waals surface area contributed by atoms with Crippen LogP contribution in [0, 0.1) is 0 Å². The zero-order valence-electron chi connectivity index (χ0n) is 19.0. The van der Waals surface area contributed by atoms with Crippen LogP contribution in [0.2, 0.25) is 0 Å². The molecule has 1 aromatic carbocycles. The molecule has 0 atom stereocenters. The van der Waals surface area contributed by atoms with E-state index in [4.69, 9.17) is 4.98 Å². The van der Waals surface area contributed by atoms with Gasteiger partial charge in [0.25, 0.3) is 0 Å². The molecule has 34 heavy (non-hydrogen) atoms. The number of fused-ring (bicyclic) bond motifs is 1. The number of likely N-dealkylation sites (N-methyl/N-ethyl adjacent to an activating group) is 1. The number of nitrogens with zero attached hydrogens (tertiary/aromatic N) is 6. The third-order valence-electron chi connectivity index (χ3n) is 6.61. The number of rotatable bonds is 4. The van der Waals surface area contributed by atoms with E-state index in [1.165, 1.54) is 11.9 Å². The first kappa shape index (κ1) is 23.3. The van der Waals surface area contributed by atoms with Gasteiger partial charge in [0.05, 0.1) is 28.7 Å². The van der Waals surface area contributed by atoms with E-state index in [2.05, 4.69) is 37.2 Å². The fourth-order valence-electron chi connectivity index (χ4n) is 4.56. The summed E-state index contributed by atoms with van der Waals surface area (Å²) >= 11 is 1.51. The summed E-state index contributed by atoms with van der Waals surface area (Å²) in [5.74, 6) is 0.289. The van der Waals surface area contributed by atoms with Gasteiger partial charge in [-0.1, -0.05) is 0 Å². The number of halogens is 3. The largest absolute Gasteiger partial charge is 0.416 e. The fraction of sp³-hybridized carbons (Fsp3) is 0.458. The first-order valence-electron chi connectivity index (χ1n) is 11.5. The third kappa shape index (κ3) is 5.13. The van der Waals surface area contributed by atoms with Crippen molar-refractivity contribution in [1.29, 1.82) is 0 Å². The Balaban J connectivity index is 1.24. The van der Waals surface area contributed by atoms with Crippen molar-refractivity contribution in [3.8, 4) is 0 Å². The van der Waals surface area contributed by atoms with E-state index in [0.717, 1.165) is 91.6 Å². The van der Waals surface area contributed by atoms with Gasteiger partial charge in [0.2, 0.25) is 0 Å². The normalized spacial score (nSPS) is 19.1. The van der Waals surface area contributed by atoms with Crippen molar-refractivity contribution in [2.75, 3.05) is 51.2 Å². The predicted octanol–water partition coefficient (Wildman–Crippen LogP) is 4.68. The number of hydrogen-bond acceptors (Lipinski definition) is 7. The predicted molar refractivity (Wildman–Crippen MR) is 128 cm³/mol. The maximum Gasteiger partial charge on any atom is 0.416 e. The van der Waals surface area contributed by atoms with Crippen LogP contribution in [-0.4, -0.2) is 70.5 Å². The van der Waals surface area contributed by atoms with Gasteiger partial charge in [-0.05, 0) is 62.2 Å². The van der Waals surface area contributed by atoms with Crippen LogP contribution in [0.25, 0.3) is 11.0 Å². The Morgan fingerprint density at radius 3 is 2.29 bits per heavy atom. The van der Waals surface area contributed by atoms with E-state index in [1.807, 2.05) is 6.20 Å². The lowest BCUT2D eigenvalue weighted by atomic mass is 9.93. The molecule has 0 aliphatic carbocycles. The van der Waals surface area contributed by atoms with Crippen LogP contribution in [0.3, 0.4) is 0 Å². The molecule has 0 bridgehead atoms. The molecule has 3 aromatic rings. The van der Waals surface area contributed by atoms with Crippen LogP contribution in [0.15, 0.2) is 47.8 Å². The highest BCUT2D eigenvalue weighted by Gasteiger charge is 2.30. The van der Waals surface area contributed by atoms with Gasteiger partial charge >= 0.3 is 6.18 Å². The molecule has 0 saturated carbocycles. The van der Waals surface area contributed by atoms with Crippen LogP contribution in [0.1, 0.15) is 30.0 Å². The average Bonchev–Trinajstić information content (AvgIpc) is 2.84. The minimum absolute atomic E-state index is 0.289. The van der Waals surface area contributed by atoms with Gasteiger partial charge in [0.1, 0.15) is 11.8 Å². The maximum absolute atomic E-state index is 12.8. The Bertz CT molecular complexity index is 1120. The lowest BCUT2D eigenvalue weighted by Crippen LogP contribution is -2.44. The van der Waals surface area contributed by atoms with E-state index < -0.39 is 11.7 Å². The number of piperidine rings is 1. The Morgan fingerprint density at radius 2 is 1.62 bits per heavy atom. The zero-order valence-corrected chi connectivity index (χ0v) is 19.8. The smallest absolute Gasteiger partial charge is 0.368 e. The molecule has 0 amide bonds. The third-order valence-corrected chi connectivity index (χ3v) is 7.72. The van der Waals surface area contributed by atoms with E-state index in [-0.39, 0.29) is 5.92 Å². The fourth-order valence-corrected chi connectivity index (χ4v) is 5.51. The Labute approximate surface area is 201 Å². The molecule has 2 aliphatic rings. The quantitative estimate of drug-likeness (QED) is 0.494. The maximum atomic E-state index is 12.8. The first-order valence-corrected chi connectivity index (χ1v) is 12.3. The van der Waals surface area contributed by atoms with E-state index in [9.17, 15) is 13.2 Å². The monoisotopic (exact) mass is 488 g/mol. The van der Waals surface area contributed by atoms with Gasteiger partial charge < -0.3 is 9.80 Å². The molecular formula is C24H27F3N6S. The van der Waals surface area contributed by atoms with Crippen molar-refractivity contribution < 1.29 is 13.2 Å². The molecule has 10 heteroatoms. The molecule has 180 valence electrons. The minimum atomic E-state index is -4.30. The average molecular weight is 489 g/mol. The number of alkyl halides is 3. The SMILES string of the molecule is CN1CCN(c2cnc3c(C4CCN(Sc5ccc(C(F)(F)F)cc5)CC4)ncnc3c2)CC1. The second-order valence-corrected chi connectivity index (χ2v) is 10.1. The highest BCUT2D eigenvalue weighted by molar-refractivity contribution is 7.97. The Hall–Kier alpha value is -2.43. The van der Waals surface area contributed by atoms with Crippen molar-refractivity contribution in [1.82, 2.24) is 24.2 Å². The number of aromatic nitrogens is 3. The van der Waals surface area contributed by atoms with Gasteiger partial charge in [-0.15, -0.1) is 0 Å². The molecule has 2 aliphatic heterocycles. The molecule has 0 spiro atoms. The second-order valence-electron chi connectivity index (χ2n) is 8.93. The number of hydrogen-bond donors (Lipinski definition) is 0. The molecule has 6 nitrogen and oxygen atoms in total. The lowest BCUT2D eigenvalue weighted by Gasteiger charge is -2.34. The van der Waals surface area contributed by atoms with Crippen molar-refractivity contribution in [3.05, 3.63) is 54.1 Å². The standard InChI is InChI=1S/C24H27F3N6S/c1-31-10-12-32(13-11-31)19-14-21-23(28-15-19)22(30-16-29-21)17-6-8-33(9-7-17)34-20-4-2-18(3-5-20)24(25,26)27/h2-5,14-17H,6-13H2,1H3. The van der Waals surface area contributed by atoms with E-state index in [1.54, 1.807) is 18.5 Å². The van der Waals surface area contributed by atoms with Crippen molar-refractivity contribution >= 4 is 28.7 Å². The summed E-state index contributed by atoms with van der Waals surface area (Å²) in [6.45, 7) is 5.71. The number of benzene rings is 1. The molecule has 2 fully saturated rings. The van der Waals surface area contributed by atoms with Gasteiger partial charge in [0, 0.05) is 50.1 Å². The second kappa shape index (κ2) is 9.67. The van der Waals surface area contributed by atoms with E-state index in [0.29, 0.717) is 0 Å². The Kier molecular flexibility index (Phi) is 6.63. The van der Waals surface area contributed by atoms with E-state index >= 15 is 0 Å². The number of pyridine rings is 1. The van der Waals surface area contributed by atoms with Crippen LogP contribution in [0.5, 0.6) is 0 Å². The zero-order chi connectivity index (χ0) is 23.7. The molecule has 4 heterocycles. The molecule has 2 saturated heterocycles. The first-order chi connectivity index (χ1) is 16.4. The van der Waals surface area contributed by atoms with Crippen molar-refractivity contribution in [2.24, 2.45) is 0 Å². The molecular weight excluding hydrogens is 461 g/mol. The van der Waals surface area contributed by atoms with Crippen LogP contribution in [0.4, 0.5) is 18.9 Å². The highest BCUT2D eigenvalue weighted by Crippen LogP contribution is 2.36. The lowest BCUT2D eigenvalue weighted by molar-refractivity contribution is -0.137. The summed E-state index contributed by atoms with van der Waals surface area (Å²) in [7, 11) is 2.14. The summed E-state index contributed by atoms with van der Waals surface area (Å²) in [5.41, 5.74) is 3.23. The number of anilines is 1. The summed E-state index contributed by atoms with van der Waals surface area (Å²) in [6, 6.07) is 7.49. The van der Waals surface area contributed by atoms with Crippen molar-refractivity contribution in [2.45, 2.75) is 29.8 Å². The van der Waals surface area contributed by atoms with Gasteiger partial charge in [-0.2, -0.15) is 13.2 Å². The summed E-state index contributed by atoms with van der Waals surface area (Å²) in [4.78, 5) is 19.4. The molecule has 0 radical (unpaired) electrons. The number of piperazine rings is 1. The highest BCUT2D eigenvalue weighted by atomic mass is 32.2. The topological polar surface area (TPSA) is 48.4 Å². The molecule has 0 unspecified atom stereocenters. The van der Waals surface area contributed by atoms with Gasteiger partial charge in [-0.25, -0.2) is 14.3 Å². The van der Waals surface area contributed by atoms with Crippen LogP contribution in [-0.2, 0) is 6.18 Å². The minimum Gasteiger partial charge on any atom is -0.368 e. The molecule has 5 rings (SSSR count). The van der Waals surface area contributed by atoms with Crippen molar-refractivity contribution in [3.63, 3.8) is 0 Å². The van der Waals surface area contributed by atoms with Crippen LogP contribution < -0.4 is 4.90 Å². The summed E-state index contributed by atoms with van der Waals surface area (Å²) in [6.07, 6.45) is 1.11. The summed E-state index contributed by atoms with van der Waals surface area (Å²) in [5, 5.41) is 0. The molecule has 0 N–H and O–H groups in total. The molecule has 2 aromatic heterocycles. The Morgan fingerprint density at radius 1 is 0.912 bits per heavy atom. The van der Waals surface area contributed by atoms with Gasteiger partial charge in [-0.3, -0.25) is 4.98 Å².